The molecular weight excluding hydrogens is 354 g/mol. The lowest BCUT2D eigenvalue weighted by atomic mass is 10.1. The summed E-state index contributed by atoms with van der Waals surface area (Å²) in [6.07, 6.45) is 0.641. The minimum absolute atomic E-state index is 0.0752. The molecule has 0 bridgehead atoms. The first-order valence-electron chi connectivity index (χ1n) is 8.31. The number of hydrogen-bond acceptors (Lipinski definition) is 3. The van der Waals surface area contributed by atoms with Gasteiger partial charge >= 0.3 is 0 Å². The van der Waals surface area contributed by atoms with E-state index in [4.69, 9.17) is 0 Å². The van der Waals surface area contributed by atoms with Gasteiger partial charge in [0.2, 0.25) is 5.91 Å². The number of benzene rings is 2. The molecule has 2 aromatic carbocycles. The van der Waals surface area contributed by atoms with E-state index < -0.39 is 0 Å². The Kier molecular flexibility index (Phi) is 4.28. The number of hydrogen-bond donors (Lipinski definition) is 1. The monoisotopic (exact) mass is 370 g/mol. The van der Waals surface area contributed by atoms with Gasteiger partial charge in [-0.1, -0.05) is 18.2 Å². The maximum atomic E-state index is 13.8. The Bertz CT molecular complexity index is 968. The molecule has 6 heteroatoms. The number of nitrogens with zero attached hydrogens (tertiary/aromatic N) is 1. The maximum absolute atomic E-state index is 13.8. The predicted molar refractivity (Wildman–Crippen MR) is 98.1 cm³/mol. The van der Waals surface area contributed by atoms with Gasteiger partial charge in [0.25, 0.3) is 0 Å². The van der Waals surface area contributed by atoms with Gasteiger partial charge in [0.15, 0.2) is 5.13 Å². The van der Waals surface area contributed by atoms with Crippen molar-refractivity contribution < 1.29 is 13.6 Å². The highest BCUT2D eigenvalue weighted by molar-refractivity contribution is 7.16. The molecule has 3 nitrogen and oxygen atoms in total. The van der Waals surface area contributed by atoms with Crippen LogP contribution in [0.3, 0.4) is 0 Å². The van der Waals surface area contributed by atoms with E-state index in [0.29, 0.717) is 17.1 Å². The van der Waals surface area contributed by atoms with Crippen LogP contribution in [0.5, 0.6) is 0 Å². The van der Waals surface area contributed by atoms with Crippen molar-refractivity contribution in [2.75, 3.05) is 5.32 Å². The lowest BCUT2D eigenvalue weighted by Gasteiger charge is -2.03. The highest BCUT2D eigenvalue weighted by atomic mass is 32.1. The molecule has 132 valence electrons. The fourth-order valence-corrected chi connectivity index (χ4v) is 3.97. The number of carbonyl (C=O) groups excluding carboxylic acids is 1. The van der Waals surface area contributed by atoms with Crippen molar-refractivity contribution in [3.8, 4) is 11.3 Å². The molecule has 0 spiro atoms. The molecule has 2 atom stereocenters. The second kappa shape index (κ2) is 6.61. The van der Waals surface area contributed by atoms with Crippen LogP contribution in [0.15, 0.2) is 48.5 Å². The number of carbonyl (C=O) groups is 1. The Balaban J connectivity index is 1.47. The van der Waals surface area contributed by atoms with Gasteiger partial charge in [-0.05, 0) is 55.2 Å². The number of nitrogens with one attached hydrogen (secondary N) is 1. The van der Waals surface area contributed by atoms with E-state index in [1.54, 1.807) is 30.3 Å². The molecule has 1 aromatic heterocycles. The van der Waals surface area contributed by atoms with Gasteiger partial charge in [-0.15, -0.1) is 11.3 Å². The second-order valence-electron chi connectivity index (χ2n) is 6.39. The summed E-state index contributed by atoms with van der Waals surface area (Å²) in [6, 6.07) is 12.7. The van der Waals surface area contributed by atoms with Crippen LogP contribution in [0.25, 0.3) is 11.3 Å². The summed E-state index contributed by atoms with van der Waals surface area (Å²) in [6.45, 7) is 1.91. The zero-order chi connectivity index (χ0) is 18.3. The summed E-state index contributed by atoms with van der Waals surface area (Å²) in [4.78, 5) is 17.9. The molecule has 4 rings (SSSR count). The van der Waals surface area contributed by atoms with Gasteiger partial charge in [-0.3, -0.25) is 4.79 Å². The molecule has 0 radical (unpaired) electrons. The topological polar surface area (TPSA) is 42.0 Å². The molecule has 1 amide bonds. The zero-order valence-electron chi connectivity index (χ0n) is 14.0. The van der Waals surface area contributed by atoms with E-state index >= 15 is 0 Å². The van der Waals surface area contributed by atoms with E-state index in [0.717, 1.165) is 16.1 Å². The minimum atomic E-state index is -0.303. The van der Waals surface area contributed by atoms with Crippen LogP contribution in [-0.4, -0.2) is 10.9 Å². The van der Waals surface area contributed by atoms with Gasteiger partial charge < -0.3 is 5.32 Å². The van der Waals surface area contributed by atoms with Gasteiger partial charge in [0, 0.05) is 16.4 Å². The van der Waals surface area contributed by atoms with E-state index in [1.807, 2.05) is 6.92 Å². The average molecular weight is 370 g/mol. The molecule has 0 aliphatic heterocycles. The Morgan fingerprint density at radius 1 is 1.15 bits per heavy atom. The molecule has 0 saturated heterocycles. The SMILES string of the molecule is Cc1sc(NC(=O)[C@H]2C[C@@H]2c2ccccc2F)nc1-c1ccc(F)cc1. The Morgan fingerprint density at radius 2 is 1.88 bits per heavy atom. The van der Waals surface area contributed by atoms with Gasteiger partial charge in [0.05, 0.1) is 5.69 Å². The maximum Gasteiger partial charge on any atom is 0.229 e. The van der Waals surface area contributed by atoms with E-state index in [1.165, 1.54) is 29.5 Å². The van der Waals surface area contributed by atoms with Crippen LogP contribution in [0.1, 0.15) is 22.8 Å². The quantitative estimate of drug-likeness (QED) is 0.691. The highest BCUT2D eigenvalue weighted by Gasteiger charge is 2.45. The highest BCUT2D eigenvalue weighted by Crippen LogP contribution is 2.49. The molecule has 1 aliphatic carbocycles. The Labute approximate surface area is 153 Å². The molecule has 1 N–H and O–H groups in total. The Morgan fingerprint density at radius 3 is 2.62 bits per heavy atom. The standard InChI is InChI=1S/C20H16F2N2OS/c1-11-18(12-6-8-13(21)9-7-12)23-20(26-11)24-19(25)16-10-15(16)14-4-2-3-5-17(14)22/h2-9,15-16H,10H2,1H3,(H,23,24,25)/t15-,16+/m1/s1. The van der Waals surface area contributed by atoms with Crippen molar-refractivity contribution in [3.63, 3.8) is 0 Å². The molecule has 1 heterocycles. The van der Waals surface area contributed by atoms with Gasteiger partial charge in [-0.2, -0.15) is 0 Å². The van der Waals surface area contributed by atoms with Crippen LogP contribution in [0, 0.1) is 24.5 Å². The first-order chi connectivity index (χ1) is 12.5. The van der Waals surface area contributed by atoms with E-state index in [2.05, 4.69) is 10.3 Å². The van der Waals surface area contributed by atoms with Crippen molar-refractivity contribution in [1.29, 1.82) is 0 Å². The predicted octanol–water partition coefficient (Wildman–Crippen LogP) is 5.14. The smallest absolute Gasteiger partial charge is 0.229 e. The fraction of sp³-hybridized carbons (Fsp3) is 0.200. The van der Waals surface area contributed by atoms with Crippen LogP contribution in [0.4, 0.5) is 13.9 Å². The van der Waals surface area contributed by atoms with Gasteiger partial charge in [0.1, 0.15) is 11.6 Å². The Hall–Kier alpha value is -2.60. The van der Waals surface area contributed by atoms with Crippen LogP contribution in [0.2, 0.25) is 0 Å². The molecular formula is C20H16F2N2OS. The first kappa shape index (κ1) is 16.8. The number of amides is 1. The van der Waals surface area contributed by atoms with Crippen LogP contribution in [-0.2, 0) is 4.79 Å². The summed E-state index contributed by atoms with van der Waals surface area (Å²) in [5.41, 5.74) is 2.12. The second-order valence-corrected chi connectivity index (χ2v) is 7.59. The number of halogens is 2. The van der Waals surface area contributed by atoms with Crippen molar-refractivity contribution in [2.24, 2.45) is 5.92 Å². The third-order valence-electron chi connectivity index (χ3n) is 4.58. The molecule has 0 unspecified atom stereocenters. The minimum Gasteiger partial charge on any atom is -0.302 e. The number of aromatic nitrogens is 1. The lowest BCUT2D eigenvalue weighted by Crippen LogP contribution is -2.14. The summed E-state index contributed by atoms with van der Waals surface area (Å²) >= 11 is 1.38. The summed E-state index contributed by atoms with van der Waals surface area (Å²) in [7, 11) is 0. The number of aryl methyl sites for hydroxylation is 1. The lowest BCUT2D eigenvalue weighted by molar-refractivity contribution is -0.117. The third kappa shape index (κ3) is 3.24. The van der Waals surface area contributed by atoms with Crippen molar-refractivity contribution in [3.05, 3.63) is 70.6 Å². The number of thiazole rings is 1. The van der Waals surface area contributed by atoms with Crippen LogP contribution >= 0.6 is 11.3 Å². The molecule has 3 aromatic rings. The van der Waals surface area contributed by atoms with Crippen molar-refractivity contribution >= 4 is 22.4 Å². The normalized spacial score (nSPS) is 18.6. The summed E-state index contributed by atoms with van der Waals surface area (Å²) in [5, 5.41) is 3.34. The van der Waals surface area contributed by atoms with Crippen molar-refractivity contribution in [1.82, 2.24) is 4.98 Å². The molecule has 1 fully saturated rings. The average Bonchev–Trinajstić information content (AvgIpc) is 3.33. The number of rotatable bonds is 4. The zero-order valence-corrected chi connectivity index (χ0v) is 14.8. The van der Waals surface area contributed by atoms with Crippen molar-refractivity contribution in [2.45, 2.75) is 19.3 Å². The third-order valence-corrected chi connectivity index (χ3v) is 5.46. The fourth-order valence-electron chi connectivity index (χ4n) is 3.13. The molecule has 26 heavy (non-hydrogen) atoms. The summed E-state index contributed by atoms with van der Waals surface area (Å²) in [5.74, 6) is -1.02. The van der Waals surface area contributed by atoms with E-state index in [-0.39, 0.29) is 29.4 Å². The van der Waals surface area contributed by atoms with E-state index in [9.17, 15) is 13.6 Å². The largest absolute Gasteiger partial charge is 0.302 e. The molecule has 1 aliphatic rings. The summed E-state index contributed by atoms with van der Waals surface area (Å²) < 4.78 is 26.9. The first-order valence-corrected chi connectivity index (χ1v) is 9.13. The number of anilines is 1. The molecule has 1 saturated carbocycles. The van der Waals surface area contributed by atoms with Gasteiger partial charge in [-0.25, -0.2) is 13.8 Å². The van der Waals surface area contributed by atoms with Crippen LogP contribution < -0.4 is 5.32 Å².